The fraction of sp³-hybridized carbons (Fsp3) is 0.0625. The van der Waals surface area contributed by atoms with Gasteiger partial charge in [-0.25, -0.2) is 0 Å². The number of hydrogen-bond acceptors (Lipinski definition) is 4. The van der Waals surface area contributed by atoms with Crippen molar-refractivity contribution in [2.24, 2.45) is 0 Å². The number of rotatable bonds is 2. The average Bonchev–Trinajstić information content (AvgIpc) is 2.46. The number of carbonyl (C=O) groups excluding carboxylic acids is 1. The summed E-state index contributed by atoms with van der Waals surface area (Å²) in [4.78, 5) is 12.2. The smallest absolute Gasteiger partial charge is 0.263 e. The maximum Gasteiger partial charge on any atom is 0.263 e. The molecule has 4 N–H and O–H groups in total. The third-order valence-electron chi connectivity index (χ3n) is 2.72. The number of aliphatic hydroxyl groups is 1. The van der Waals surface area contributed by atoms with Crippen molar-refractivity contribution in [3.8, 4) is 23.3 Å². The van der Waals surface area contributed by atoms with Crippen LogP contribution in [0.4, 0.5) is 5.69 Å². The molecule has 0 heterocycles. The molecule has 0 unspecified atom stereocenters. The van der Waals surface area contributed by atoms with E-state index < -0.39 is 5.91 Å². The highest BCUT2D eigenvalue weighted by molar-refractivity contribution is 6.08. The second kappa shape index (κ2) is 6.46. The van der Waals surface area contributed by atoms with Gasteiger partial charge in [0.05, 0.1) is 5.69 Å². The Kier molecular flexibility index (Phi) is 4.44. The molecule has 0 aliphatic heterocycles. The number of nitrogens with one attached hydrogen (secondary N) is 1. The SMILES string of the molecule is O=C(Nc1ccccc1C#CCO)c1c(O)cccc1O. The van der Waals surface area contributed by atoms with Gasteiger partial charge in [0.1, 0.15) is 23.7 Å². The second-order valence-corrected chi connectivity index (χ2v) is 4.13. The third-order valence-corrected chi connectivity index (χ3v) is 2.72. The van der Waals surface area contributed by atoms with Gasteiger partial charge in [-0.2, -0.15) is 0 Å². The molecule has 2 aromatic rings. The number of carbonyl (C=O) groups is 1. The Morgan fingerprint density at radius 2 is 1.71 bits per heavy atom. The summed E-state index contributed by atoms with van der Waals surface area (Å²) in [6.45, 7) is -0.289. The van der Waals surface area contributed by atoms with Gasteiger partial charge in [-0.1, -0.05) is 30.0 Å². The van der Waals surface area contributed by atoms with Crippen LogP contribution in [0.3, 0.4) is 0 Å². The van der Waals surface area contributed by atoms with E-state index in [9.17, 15) is 15.0 Å². The van der Waals surface area contributed by atoms with Gasteiger partial charge in [0.2, 0.25) is 0 Å². The first kappa shape index (κ1) is 14.4. The van der Waals surface area contributed by atoms with Crippen molar-refractivity contribution in [3.05, 3.63) is 53.6 Å². The molecular weight excluding hydrogens is 270 g/mol. The van der Waals surface area contributed by atoms with Crippen LogP contribution in [-0.4, -0.2) is 27.8 Å². The summed E-state index contributed by atoms with van der Waals surface area (Å²) in [6, 6.07) is 10.8. The van der Waals surface area contributed by atoms with Crippen molar-refractivity contribution in [1.29, 1.82) is 0 Å². The van der Waals surface area contributed by atoms with Gasteiger partial charge in [-0.15, -0.1) is 0 Å². The fourth-order valence-electron chi connectivity index (χ4n) is 1.78. The van der Waals surface area contributed by atoms with Gasteiger partial charge in [0.15, 0.2) is 0 Å². The van der Waals surface area contributed by atoms with Crippen molar-refractivity contribution in [2.45, 2.75) is 0 Å². The molecule has 0 radical (unpaired) electrons. The molecule has 2 rings (SSSR count). The number of para-hydroxylation sites is 1. The van der Waals surface area contributed by atoms with E-state index in [1.54, 1.807) is 24.3 Å². The molecule has 0 aliphatic carbocycles. The molecule has 0 fully saturated rings. The van der Waals surface area contributed by atoms with Crippen LogP contribution in [0.15, 0.2) is 42.5 Å². The number of anilines is 1. The molecule has 0 saturated heterocycles. The van der Waals surface area contributed by atoms with E-state index >= 15 is 0 Å². The Bertz CT molecular complexity index is 708. The van der Waals surface area contributed by atoms with Gasteiger partial charge < -0.3 is 20.6 Å². The topological polar surface area (TPSA) is 89.8 Å². The predicted octanol–water partition coefficient (Wildman–Crippen LogP) is 1.69. The molecular formula is C16H13NO4. The minimum absolute atomic E-state index is 0.206. The van der Waals surface area contributed by atoms with Crippen molar-refractivity contribution in [2.75, 3.05) is 11.9 Å². The maximum atomic E-state index is 12.2. The van der Waals surface area contributed by atoms with E-state index in [1.165, 1.54) is 18.2 Å². The maximum absolute atomic E-state index is 12.2. The highest BCUT2D eigenvalue weighted by Crippen LogP contribution is 2.27. The monoisotopic (exact) mass is 283 g/mol. The van der Waals surface area contributed by atoms with E-state index in [1.807, 2.05) is 0 Å². The fourth-order valence-corrected chi connectivity index (χ4v) is 1.78. The number of aliphatic hydroxyl groups excluding tert-OH is 1. The van der Waals surface area contributed by atoms with Crippen LogP contribution in [0.5, 0.6) is 11.5 Å². The molecule has 1 amide bonds. The Hall–Kier alpha value is -2.97. The molecule has 0 spiro atoms. The van der Waals surface area contributed by atoms with Gasteiger partial charge in [0.25, 0.3) is 5.91 Å². The number of aromatic hydroxyl groups is 2. The number of phenolic OH excluding ortho intramolecular Hbond substituents is 2. The summed E-state index contributed by atoms with van der Waals surface area (Å²) < 4.78 is 0. The summed E-state index contributed by atoms with van der Waals surface area (Å²) in [5.74, 6) is 3.93. The zero-order valence-corrected chi connectivity index (χ0v) is 11.0. The minimum atomic E-state index is -0.649. The standard InChI is InChI=1S/C16H13NO4/c18-10-4-6-11-5-1-2-7-12(11)17-16(21)15-13(19)8-3-9-14(15)20/h1-3,5,7-9,18-20H,10H2,(H,17,21). The molecule has 0 aliphatic rings. The Labute approximate surface area is 121 Å². The summed E-state index contributed by atoms with van der Waals surface area (Å²) in [5, 5.41) is 30.6. The van der Waals surface area contributed by atoms with Crippen molar-refractivity contribution in [3.63, 3.8) is 0 Å². The van der Waals surface area contributed by atoms with E-state index in [0.29, 0.717) is 11.3 Å². The molecule has 106 valence electrons. The lowest BCUT2D eigenvalue weighted by Gasteiger charge is -2.09. The Morgan fingerprint density at radius 1 is 1.05 bits per heavy atom. The van der Waals surface area contributed by atoms with Crippen LogP contribution in [0.25, 0.3) is 0 Å². The highest BCUT2D eigenvalue weighted by Gasteiger charge is 2.16. The van der Waals surface area contributed by atoms with Crippen LogP contribution < -0.4 is 5.32 Å². The highest BCUT2D eigenvalue weighted by atomic mass is 16.3. The van der Waals surface area contributed by atoms with E-state index in [0.717, 1.165) is 0 Å². The van der Waals surface area contributed by atoms with E-state index in [4.69, 9.17) is 5.11 Å². The summed E-state index contributed by atoms with van der Waals surface area (Å²) in [6.07, 6.45) is 0. The molecule has 5 heteroatoms. The zero-order valence-electron chi connectivity index (χ0n) is 11.0. The second-order valence-electron chi connectivity index (χ2n) is 4.13. The third kappa shape index (κ3) is 3.32. The molecule has 0 atom stereocenters. The van der Waals surface area contributed by atoms with Gasteiger partial charge >= 0.3 is 0 Å². The lowest BCUT2D eigenvalue weighted by molar-refractivity contribution is 0.102. The van der Waals surface area contributed by atoms with Crippen molar-refractivity contribution in [1.82, 2.24) is 0 Å². The first-order valence-corrected chi connectivity index (χ1v) is 6.14. The van der Waals surface area contributed by atoms with Crippen LogP contribution in [-0.2, 0) is 0 Å². The first-order valence-electron chi connectivity index (χ1n) is 6.14. The summed E-state index contributed by atoms with van der Waals surface area (Å²) in [5.41, 5.74) is 0.739. The molecule has 0 saturated carbocycles. The van der Waals surface area contributed by atoms with Gasteiger partial charge in [-0.3, -0.25) is 4.79 Å². The minimum Gasteiger partial charge on any atom is -0.507 e. The predicted molar refractivity (Wildman–Crippen MR) is 78.1 cm³/mol. The van der Waals surface area contributed by atoms with E-state index in [-0.39, 0.29) is 23.7 Å². The number of amides is 1. The van der Waals surface area contributed by atoms with Crippen LogP contribution in [0, 0.1) is 11.8 Å². The average molecular weight is 283 g/mol. The molecule has 0 aromatic heterocycles. The van der Waals surface area contributed by atoms with Crippen molar-refractivity contribution >= 4 is 11.6 Å². The molecule has 0 bridgehead atoms. The molecule has 21 heavy (non-hydrogen) atoms. The number of benzene rings is 2. The Balaban J connectivity index is 2.32. The molecule has 5 nitrogen and oxygen atoms in total. The number of phenols is 2. The van der Waals surface area contributed by atoms with Gasteiger partial charge in [0, 0.05) is 5.56 Å². The van der Waals surface area contributed by atoms with E-state index in [2.05, 4.69) is 17.2 Å². The van der Waals surface area contributed by atoms with Gasteiger partial charge in [-0.05, 0) is 24.3 Å². The largest absolute Gasteiger partial charge is 0.507 e. The zero-order chi connectivity index (χ0) is 15.2. The van der Waals surface area contributed by atoms with Crippen LogP contribution in [0.1, 0.15) is 15.9 Å². The lowest BCUT2D eigenvalue weighted by Crippen LogP contribution is -2.13. The number of hydrogen-bond donors (Lipinski definition) is 4. The summed E-state index contributed by atoms with van der Waals surface area (Å²) in [7, 11) is 0. The first-order chi connectivity index (χ1) is 10.1. The van der Waals surface area contributed by atoms with Crippen LogP contribution in [0.2, 0.25) is 0 Å². The summed E-state index contributed by atoms with van der Waals surface area (Å²) >= 11 is 0. The van der Waals surface area contributed by atoms with Crippen LogP contribution >= 0.6 is 0 Å². The Morgan fingerprint density at radius 3 is 2.38 bits per heavy atom. The normalized spacial score (nSPS) is 9.57. The quantitative estimate of drug-likeness (QED) is 0.631. The van der Waals surface area contributed by atoms with Crippen molar-refractivity contribution < 1.29 is 20.1 Å². The molecule has 2 aromatic carbocycles. The lowest BCUT2D eigenvalue weighted by atomic mass is 10.1.